The van der Waals surface area contributed by atoms with Crippen LogP contribution in [0.3, 0.4) is 0 Å². The van der Waals surface area contributed by atoms with E-state index in [1.54, 1.807) is 7.11 Å². The molecular weight excluding hydrogens is 334 g/mol. The highest BCUT2D eigenvalue weighted by Crippen LogP contribution is 2.34. The molecule has 0 aliphatic heterocycles. The highest BCUT2D eigenvalue weighted by Gasteiger charge is 2.17. The van der Waals surface area contributed by atoms with Crippen LogP contribution in [0.2, 0.25) is 0 Å². The van der Waals surface area contributed by atoms with Gasteiger partial charge in [0.2, 0.25) is 5.88 Å². The molecule has 3 aromatic heterocycles. The molecule has 27 heavy (non-hydrogen) atoms. The second-order valence-corrected chi connectivity index (χ2v) is 6.79. The van der Waals surface area contributed by atoms with E-state index in [9.17, 15) is 0 Å². The van der Waals surface area contributed by atoms with E-state index in [0.29, 0.717) is 11.8 Å². The SMILES string of the molecule is CC.CCc1cc2c(CC)cn(C)c2nc1-c1ccc(C(C)C)nc1OC. The number of aromatic nitrogens is 3. The molecule has 0 saturated heterocycles. The third-order valence-corrected chi connectivity index (χ3v) is 4.79. The normalized spacial score (nSPS) is 10.9. The number of rotatable bonds is 5. The molecule has 4 nitrogen and oxygen atoms in total. The van der Waals surface area contributed by atoms with Gasteiger partial charge in [-0.25, -0.2) is 9.97 Å². The molecule has 4 heteroatoms. The molecule has 0 amide bonds. The number of nitrogens with zero attached hydrogens (tertiary/aromatic N) is 3. The lowest BCUT2D eigenvalue weighted by molar-refractivity contribution is 0.397. The van der Waals surface area contributed by atoms with Crippen LogP contribution < -0.4 is 4.74 Å². The minimum absolute atomic E-state index is 0.365. The number of pyridine rings is 2. The van der Waals surface area contributed by atoms with Gasteiger partial charge in [0, 0.05) is 24.3 Å². The standard InChI is InChI=1S/C21H27N3O.C2H6/c1-7-14-11-17-15(8-2)12-24(5)20(17)23-19(14)16-9-10-18(13(3)4)22-21(16)25-6;1-2/h9-13H,7-8H2,1-6H3;1-2H3. The molecule has 0 radical (unpaired) electrons. The quantitative estimate of drug-likeness (QED) is 0.562. The van der Waals surface area contributed by atoms with Gasteiger partial charge in [-0.1, -0.05) is 41.5 Å². The molecule has 0 aromatic carbocycles. The van der Waals surface area contributed by atoms with Gasteiger partial charge in [-0.15, -0.1) is 0 Å². The van der Waals surface area contributed by atoms with Crippen LogP contribution in [0.25, 0.3) is 22.3 Å². The molecule has 0 aliphatic rings. The van der Waals surface area contributed by atoms with Crippen LogP contribution >= 0.6 is 0 Å². The number of fused-ring (bicyclic) bond motifs is 1. The number of aryl methyl sites for hydroxylation is 3. The zero-order chi connectivity index (χ0) is 20.1. The Bertz CT molecular complexity index is 910. The van der Waals surface area contributed by atoms with E-state index in [4.69, 9.17) is 14.7 Å². The van der Waals surface area contributed by atoms with Crippen molar-refractivity contribution in [3.63, 3.8) is 0 Å². The van der Waals surface area contributed by atoms with Crippen LogP contribution in [0.5, 0.6) is 5.88 Å². The van der Waals surface area contributed by atoms with Gasteiger partial charge in [0.15, 0.2) is 0 Å². The van der Waals surface area contributed by atoms with Gasteiger partial charge in [0.1, 0.15) is 5.65 Å². The number of hydrogen-bond donors (Lipinski definition) is 0. The van der Waals surface area contributed by atoms with Crippen LogP contribution in [0.1, 0.15) is 64.3 Å². The van der Waals surface area contributed by atoms with E-state index in [1.807, 2.05) is 13.8 Å². The monoisotopic (exact) mass is 367 g/mol. The minimum Gasteiger partial charge on any atom is -0.480 e. The Kier molecular flexibility index (Phi) is 7.00. The van der Waals surface area contributed by atoms with Crippen molar-refractivity contribution >= 4 is 11.0 Å². The van der Waals surface area contributed by atoms with E-state index in [1.165, 1.54) is 16.5 Å². The van der Waals surface area contributed by atoms with Crippen LogP contribution in [0.4, 0.5) is 0 Å². The Balaban J connectivity index is 0.00000126. The second kappa shape index (κ2) is 9.03. The molecule has 146 valence electrons. The second-order valence-electron chi connectivity index (χ2n) is 6.79. The lowest BCUT2D eigenvalue weighted by Crippen LogP contribution is -2.01. The Morgan fingerprint density at radius 1 is 1.04 bits per heavy atom. The summed E-state index contributed by atoms with van der Waals surface area (Å²) in [5.41, 5.74) is 6.55. The third kappa shape index (κ3) is 4.00. The first-order valence-corrected chi connectivity index (χ1v) is 10.0. The van der Waals surface area contributed by atoms with Crippen molar-refractivity contribution in [1.82, 2.24) is 14.5 Å². The molecule has 0 saturated carbocycles. The van der Waals surface area contributed by atoms with Crippen LogP contribution in [-0.4, -0.2) is 21.6 Å². The lowest BCUT2D eigenvalue weighted by Gasteiger charge is -2.14. The van der Waals surface area contributed by atoms with Gasteiger partial charge in [-0.05, 0) is 48.1 Å². The largest absolute Gasteiger partial charge is 0.480 e. The van der Waals surface area contributed by atoms with Crippen molar-refractivity contribution in [3.8, 4) is 17.1 Å². The molecule has 0 aliphatic carbocycles. The van der Waals surface area contributed by atoms with Gasteiger partial charge < -0.3 is 9.30 Å². The summed E-state index contributed by atoms with van der Waals surface area (Å²) < 4.78 is 7.71. The summed E-state index contributed by atoms with van der Waals surface area (Å²) in [5, 5.41) is 1.25. The molecule has 3 heterocycles. The first kappa shape index (κ1) is 20.9. The highest BCUT2D eigenvalue weighted by atomic mass is 16.5. The Morgan fingerprint density at radius 2 is 1.70 bits per heavy atom. The summed E-state index contributed by atoms with van der Waals surface area (Å²) in [6, 6.07) is 6.46. The number of ether oxygens (including phenoxy) is 1. The van der Waals surface area contributed by atoms with E-state index >= 15 is 0 Å². The molecule has 0 fully saturated rings. The predicted octanol–water partition coefficient (Wildman–Crippen LogP) is 5.92. The maximum Gasteiger partial charge on any atom is 0.222 e. The maximum atomic E-state index is 5.60. The summed E-state index contributed by atoms with van der Waals surface area (Å²) in [4.78, 5) is 9.71. The predicted molar refractivity (Wildman–Crippen MR) is 115 cm³/mol. The van der Waals surface area contributed by atoms with Gasteiger partial charge in [-0.2, -0.15) is 0 Å². The minimum atomic E-state index is 0.365. The van der Waals surface area contributed by atoms with E-state index < -0.39 is 0 Å². The summed E-state index contributed by atoms with van der Waals surface area (Å²) in [5.74, 6) is 1.02. The highest BCUT2D eigenvalue weighted by molar-refractivity contribution is 5.85. The first-order chi connectivity index (χ1) is 13.0. The fourth-order valence-electron chi connectivity index (χ4n) is 3.31. The molecule has 0 N–H and O–H groups in total. The smallest absolute Gasteiger partial charge is 0.222 e. The fraction of sp³-hybridized carbons (Fsp3) is 0.478. The Labute approximate surface area is 163 Å². The van der Waals surface area contributed by atoms with Gasteiger partial charge in [0.25, 0.3) is 0 Å². The lowest BCUT2D eigenvalue weighted by atomic mass is 10.0. The first-order valence-electron chi connectivity index (χ1n) is 10.0. The van der Waals surface area contributed by atoms with Crippen molar-refractivity contribution in [2.75, 3.05) is 7.11 Å². The number of hydrogen-bond acceptors (Lipinski definition) is 3. The van der Waals surface area contributed by atoms with Crippen LogP contribution in [0, 0.1) is 0 Å². The summed E-state index contributed by atoms with van der Waals surface area (Å²) in [7, 11) is 3.74. The molecule has 3 aromatic rings. The van der Waals surface area contributed by atoms with E-state index in [2.05, 4.69) is 63.7 Å². The molecule has 0 unspecified atom stereocenters. The van der Waals surface area contributed by atoms with Crippen LogP contribution in [-0.2, 0) is 19.9 Å². The fourth-order valence-corrected chi connectivity index (χ4v) is 3.31. The van der Waals surface area contributed by atoms with E-state index in [0.717, 1.165) is 35.4 Å². The van der Waals surface area contributed by atoms with Gasteiger partial charge >= 0.3 is 0 Å². The van der Waals surface area contributed by atoms with Crippen molar-refractivity contribution in [3.05, 3.63) is 41.2 Å². The Hall–Kier alpha value is -2.36. The molecule has 0 spiro atoms. The maximum absolute atomic E-state index is 5.60. The van der Waals surface area contributed by atoms with Gasteiger partial charge in [-0.3, -0.25) is 0 Å². The summed E-state index contributed by atoms with van der Waals surface area (Å²) >= 11 is 0. The van der Waals surface area contributed by atoms with Gasteiger partial charge in [0.05, 0.1) is 18.4 Å². The molecular formula is C23H33N3O. The van der Waals surface area contributed by atoms with Crippen molar-refractivity contribution in [1.29, 1.82) is 0 Å². The zero-order valence-electron chi connectivity index (χ0n) is 18.1. The Morgan fingerprint density at radius 3 is 2.26 bits per heavy atom. The molecule has 3 rings (SSSR count). The number of methoxy groups -OCH3 is 1. The third-order valence-electron chi connectivity index (χ3n) is 4.79. The topological polar surface area (TPSA) is 39.9 Å². The summed E-state index contributed by atoms with van der Waals surface area (Å²) in [6.45, 7) is 12.6. The molecule has 0 atom stereocenters. The van der Waals surface area contributed by atoms with Crippen molar-refractivity contribution < 1.29 is 4.74 Å². The van der Waals surface area contributed by atoms with E-state index in [-0.39, 0.29) is 0 Å². The average molecular weight is 368 g/mol. The summed E-state index contributed by atoms with van der Waals surface area (Å²) in [6.07, 6.45) is 4.11. The van der Waals surface area contributed by atoms with Crippen LogP contribution in [0.15, 0.2) is 24.4 Å². The zero-order valence-corrected chi connectivity index (χ0v) is 18.1. The van der Waals surface area contributed by atoms with Crippen molar-refractivity contribution in [2.24, 2.45) is 7.05 Å². The van der Waals surface area contributed by atoms with Crippen molar-refractivity contribution in [2.45, 2.75) is 60.3 Å². The molecule has 0 bridgehead atoms. The average Bonchev–Trinajstić information content (AvgIpc) is 3.02.